The molecule has 1 heterocycles. The van der Waals surface area contributed by atoms with Gasteiger partial charge in [-0.2, -0.15) is 0 Å². The SMILES string of the molecule is CN1CC[O][Sn]([CH3])([CH3])[O]CC1. The van der Waals surface area contributed by atoms with Gasteiger partial charge in [-0.15, -0.1) is 0 Å². The quantitative estimate of drug-likeness (QED) is 0.601. The van der Waals surface area contributed by atoms with Crippen LogP contribution < -0.4 is 0 Å². The molecule has 0 atom stereocenters. The molecular weight excluding hydrogens is 249 g/mol. The Labute approximate surface area is 73.6 Å². The summed E-state index contributed by atoms with van der Waals surface area (Å²) >= 11 is -2.42. The Bertz CT molecular complexity index is 118. The molecule has 0 aromatic heterocycles. The fourth-order valence-electron chi connectivity index (χ4n) is 1.05. The van der Waals surface area contributed by atoms with Crippen molar-refractivity contribution in [3.8, 4) is 0 Å². The van der Waals surface area contributed by atoms with Crippen molar-refractivity contribution in [2.24, 2.45) is 0 Å². The van der Waals surface area contributed by atoms with Crippen LogP contribution in [0.3, 0.4) is 0 Å². The molecular formula is C7H17NO2Sn. The van der Waals surface area contributed by atoms with Gasteiger partial charge in [-0.3, -0.25) is 0 Å². The van der Waals surface area contributed by atoms with Crippen LogP contribution in [0.2, 0.25) is 9.88 Å². The molecule has 0 amide bonds. The van der Waals surface area contributed by atoms with Crippen LogP contribution >= 0.6 is 0 Å². The summed E-state index contributed by atoms with van der Waals surface area (Å²) < 4.78 is 11.4. The second kappa shape index (κ2) is 4.07. The van der Waals surface area contributed by atoms with E-state index in [-0.39, 0.29) is 0 Å². The number of hydrogen-bond acceptors (Lipinski definition) is 3. The Morgan fingerprint density at radius 2 is 1.55 bits per heavy atom. The molecule has 66 valence electrons. The second-order valence-electron chi connectivity index (χ2n) is 3.40. The Balaban J connectivity index is 2.35. The number of rotatable bonds is 0. The molecule has 1 rings (SSSR count). The van der Waals surface area contributed by atoms with Crippen molar-refractivity contribution in [2.75, 3.05) is 33.4 Å². The van der Waals surface area contributed by atoms with Crippen molar-refractivity contribution in [2.45, 2.75) is 9.88 Å². The Morgan fingerprint density at radius 3 is 2.00 bits per heavy atom. The number of hydrogen-bond donors (Lipinski definition) is 0. The van der Waals surface area contributed by atoms with E-state index >= 15 is 0 Å². The monoisotopic (exact) mass is 267 g/mol. The molecule has 0 unspecified atom stereocenters. The molecule has 0 radical (unpaired) electrons. The summed E-state index contributed by atoms with van der Waals surface area (Å²) in [6, 6.07) is 0. The zero-order chi connectivity index (χ0) is 8.32. The molecule has 1 aliphatic rings. The molecule has 11 heavy (non-hydrogen) atoms. The van der Waals surface area contributed by atoms with E-state index in [4.69, 9.17) is 6.15 Å². The van der Waals surface area contributed by atoms with Gasteiger partial charge in [0.15, 0.2) is 0 Å². The van der Waals surface area contributed by atoms with E-state index in [1.165, 1.54) is 0 Å². The molecule has 1 aliphatic heterocycles. The van der Waals surface area contributed by atoms with E-state index in [0.29, 0.717) is 0 Å². The van der Waals surface area contributed by atoms with E-state index in [1.54, 1.807) is 0 Å². The molecule has 4 heteroatoms. The molecule has 0 aromatic rings. The number of nitrogens with zero attached hydrogens (tertiary/aromatic N) is 1. The van der Waals surface area contributed by atoms with Gasteiger partial charge in [-0.25, -0.2) is 0 Å². The van der Waals surface area contributed by atoms with Gasteiger partial charge in [0, 0.05) is 0 Å². The molecule has 1 saturated heterocycles. The van der Waals surface area contributed by atoms with Gasteiger partial charge < -0.3 is 0 Å². The Morgan fingerprint density at radius 1 is 1.09 bits per heavy atom. The number of likely N-dealkylation sites (N-methyl/N-ethyl adjacent to an activating group) is 1. The van der Waals surface area contributed by atoms with Crippen LogP contribution in [0.4, 0.5) is 0 Å². The van der Waals surface area contributed by atoms with E-state index in [1.807, 2.05) is 0 Å². The van der Waals surface area contributed by atoms with Crippen molar-refractivity contribution in [1.82, 2.24) is 4.90 Å². The van der Waals surface area contributed by atoms with Gasteiger partial charge in [0.2, 0.25) is 0 Å². The normalized spacial score (nSPS) is 27.5. The third kappa shape index (κ3) is 3.73. The van der Waals surface area contributed by atoms with Gasteiger partial charge >= 0.3 is 73.5 Å². The van der Waals surface area contributed by atoms with E-state index < -0.39 is 19.2 Å². The van der Waals surface area contributed by atoms with Gasteiger partial charge in [-0.05, 0) is 0 Å². The minimum absolute atomic E-state index is 0.847. The zero-order valence-corrected chi connectivity index (χ0v) is 10.4. The first-order chi connectivity index (χ1) is 5.10. The summed E-state index contributed by atoms with van der Waals surface area (Å²) in [4.78, 5) is 6.57. The first-order valence-corrected chi connectivity index (χ1v) is 12.1. The van der Waals surface area contributed by atoms with Gasteiger partial charge in [-0.1, -0.05) is 0 Å². The van der Waals surface area contributed by atoms with Crippen LogP contribution in [0.5, 0.6) is 0 Å². The van der Waals surface area contributed by atoms with Crippen molar-refractivity contribution in [1.29, 1.82) is 0 Å². The molecule has 0 spiro atoms. The predicted octanol–water partition coefficient (Wildman–Crippen LogP) is 0.667. The van der Waals surface area contributed by atoms with Crippen LogP contribution in [0.25, 0.3) is 0 Å². The Hall–Kier alpha value is 0.679. The average molecular weight is 266 g/mol. The van der Waals surface area contributed by atoms with Gasteiger partial charge in [0.05, 0.1) is 0 Å². The first-order valence-electron chi connectivity index (χ1n) is 4.07. The van der Waals surface area contributed by atoms with Gasteiger partial charge in [0.25, 0.3) is 0 Å². The summed E-state index contributed by atoms with van der Waals surface area (Å²) in [5.41, 5.74) is 0. The summed E-state index contributed by atoms with van der Waals surface area (Å²) in [6.45, 7) is 3.78. The molecule has 0 bridgehead atoms. The van der Waals surface area contributed by atoms with Crippen LogP contribution in [-0.4, -0.2) is 57.5 Å². The van der Waals surface area contributed by atoms with Crippen LogP contribution in [0.15, 0.2) is 0 Å². The molecule has 0 N–H and O–H groups in total. The molecule has 0 aromatic carbocycles. The summed E-state index contributed by atoms with van der Waals surface area (Å²) in [6.07, 6.45) is 0. The summed E-state index contributed by atoms with van der Waals surface area (Å²) in [7, 11) is 2.10. The topological polar surface area (TPSA) is 21.7 Å². The fraction of sp³-hybridized carbons (Fsp3) is 1.00. The standard InChI is InChI=1S/C5H11NO2.2CH3.Sn/c1-6(2-4-7)3-5-8;;;/h2-5H2,1H3;2*1H3;/q-2;;;+2. The van der Waals surface area contributed by atoms with Crippen molar-refractivity contribution in [3.05, 3.63) is 0 Å². The summed E-state index contributed by atoms with van der Waals surface area (Å²) in [5, 5.41) is 0. The van der Waals surface area contributed by atoms with Crippen LogP contribution in [0, 0.1) is 0 Å². The van der Waals surface area contributed by atoms with Crippen molar-refractivity contribution in [3.63, 3.8) is 0 Å². The molecule has 3 nitrogen and oxygen atoms in total. The second-order valence-corrected chi connectivity index (χ2v) is 13.0. The van der Waals surface area contributed by atoms with Crippen molar-refractivity contribution >= 4 is 19.2 Å². The third-order valence-electron chi connectivity index (χ3n) is 1.85. The van der Waals surface area contributed by atoms with E-state index in [0.717, 1.165) is 26.3 Å². The van der Waals surface area contributed by atoms with Crippen molar-refractivity contribution < 1.29 is 6.15 Å². The maximum absolute atomic E-state index is 5.69. The summed E-state index contributed by atoms with van der Waals surface area (Å²) in [5.74, 6) is 0. The maximum atomic E-state index is 5.69. The molecule has 0 saturated carbocycles. The molecule has 0 aliphatic carbocycles. The minimum atomic E-state index is -2.42. The van der Waals surface area contributed by atoms with Gasteiger partial charge in [0.1, 0.15) is 0 Å². The predicted molar refractivity (Wildman–Crippen MR) is 46.9 cm³/mol. The van der Waals surface area contributed by atoms with Crippen LogP contribution in [0.1, 0.15) is 0 Å². The zero-order valence-electron chi connectivity index (χ0n) is 7.59. The van der Waals surface area contributed by atoms with Crippen LogP contribution in [-0.2, 0) is 6.15 Å². The fourth-order valence-corrected chi connectivity index (χ4v) is 4.61. The Kier molecular flexibility index (Phi) is 3.61. The first kappa shape index (κ1) is 9.76. The van der Waals surface area contributed by atoms with E-state index in [2.05, 4.69) is 21.8 Å². The third-order valence-corrected chi connectivity index (χ3v) is 6.98. The van der Waals surface area contributed by atoms with E-state index in [9.17, 15) is 0 Å². The molecule has 1 fully saturated rings. The average Bonchev–Trinajstić information content (AvgIpc) is 1.83.